The Kier molecular flexibility index (Phi) is 30.2. The molecule has 0 aliphatic heterocycles. The molecular formula is C31H65BrNO2+. The molecule has 0 spiro atoms. The van der Waals surface area contributed by atoms with E-state index in [1.165, 1.54) is 159 Å². The van der Waals surface area contributed by atoms with Crippen molar-refractivity contribution >= 4 is 23.0 Å². The van der Waals surface area contributed by atoms with Crippen molar-refractivity contribution in [3.05, 3.63) is 0 Å². The molecule has 0 bridgehead atoms. The summed E-state index contributed by atoms with van der Waals surface area (Å²) in [5, 5.41) is 8.65. The second-order valence-corrected chi connectivity index (χ2v) is 11.7. The zero-order chi connectivity index (χ0) is 25.2. The normalized spacial score (nSPS) is 11.5. The van der Waals surface area contributed by atoms with Crippen molar-refractivity contribution in [3.63, 3.8) is 0 Å². The van der Waals surface area contributed by atoms with E-state index in [0.29, 0.717) is 6.42 Å². The summed E-state index contributed by atoms with van der Waals surface area (Å²) in [5.41, 5.74) is 0. The maximum atomic E-state index is 10.5. The van der Waals surface area contributed by atoms with Crippen molar-refractivity contribution < 1.29 is 14.4 Å². The Balaban J connectivity index is 0. The highest BCUT2D eigenvalue weighted by molar-refractivity contribution is 8.93. The smallest absolute Gasteiger partial charge is 0.303 e. The van der Waals surface area contributed by atoms with E-state index in [-0.39, 0.29) is 17.0 Å². The number of halogens is 1. The Bertz CT molecular complexity index is 428. The van der Waals surface area contributed by atoms with Gasteiger partial charge in [-0.3, -0.25) is 4.79 Å². The second kappa shape index (κ2) is 28.5. The number of nitrogens with zero attached hydrogens (tertiary/aromatic N) is 1. The highest BCUT2D eigenvalue weighted by Crippen LogP contribution is 2.15. The predicted octanol–water partition coefficient (Wildman–Crippen LogP) is 10.5. The van der Waals surface area contributed by atoms with Gasteiger partial charge in [0.1, 0.15) is 0 Å². The Morgan fingerprint density at radius 2 is 0.743 bits per heavy atom. The quantitative estimate of drug-likeness (QED) is 0.0759. The summed E-state index contributed by atoms with van der Waals surface area (Å²) in [6.07, 6.45) is 33.2. The third-order valence-electron chi connectivity index (χ3n) is 7.52. The van der Waals surface area contributed by atoms with E-state index in [1.807, 2.05) is 0 Å². The molecule has 3 nitrogen and oxygen atoms in total. The van der Waals surface area contributed by atoms with Crippen molar-refractivity contribution in [3.8, 4) is 0 Å². The summed E-state index contributed by atoms with van der Waals surface area (Å²) in [6.45, 7) is 4.95. The van der Waals surface area contributed by atoms with Gasteiger partial charge in [-0.1, -0.05) is 129 Å². The fourth-order valence-electron chi connectivity index (χ4n) is 5.08. The Morgan fingerprint density at radius 1 is 0.486 bits per heavy atom. The molecule has 0 rings (SSSR count). The maximum Gasteiger partial charge on any atom is 0.303 e. The molecule has 212 valence electrons. The highest BCUT2D eigenvalue weighted by Gasteiger charge is 2.13. The number of unbranched alkanes of at least 4 members (excludes halogenated alkanes) is 22. The van der Waals surface area contributed by atoms with Gasteiger partial charge in [-0.15, -0.1) is 17.0 Å². The minimum absolute atomic E-state index is 0. The number of hydrogen-bond acceptors (Lipinski definition) is 1. The van der Waals surface area contributed by atoms with E-state index in [1.54, 1.807) is 0 Å². The van der Waals surface area contributed by atoms with Crippen LogP contribution in [0.15, 0.2) is 0 Å². The van der Waals surface area contributed by atoms with Crippen LogP contribution in [-0.4, -0.2) is 42.7 Å². The Morgan fingerprint density at radius 3 is 1.03 bits per heavy atom. The van der Waals surface area contributed by atoms with Gasteiger partial charge in [0.2, 0.25) is 0 Å². The van der Waals surface area contributed by atoms with Gasteiger partial charge in [0.25, 0.3) is 0 Å². The summed E-state index contributed by atoms with van der Waals surface area (Å²) in [7, 11) is 4.82. The average Bonchev–Trinajstić information content (AvgIpc) is 2.79. The lowest BCUT2D eigenvalue weighted by Crippen LogP contribution is -2.41. The largest absolute Gasteiger partial charge is 0.481 e. The summed E-state index contributed by atoms with van der Waals surface area (Å²) in [5.74, 6) is -0.652. The van der Waals surface area contributed by atoms with Gasteiger partial charge < -0.3 is 9.59 Å². The number of hydrogen-bond donors (Lipinski definition) is 1. The molecule has 0 unspecified atom stereocenters. The standard InChI is InChI=1S/C31H63NO2.BrH/c1-4-5-6-7-8-9-10-11-12-13-14-15-17-20-23-26-29-32(2,3)30-27-24-21-18-16-19-22-25-28-31(33)34;/h4-30H2,1-3H3;1H/p+1. The molecule has 0 heterocycles. The van der Waals surface area contributed by atoms with Crippen LogP contribution in [0.5, 0.6) is 0 Å². The van der Waals surface area contributed by atoms with Crippen LogP contribution in [0.25, 0.3) is 0 Å². The van der Waals surface area contributed by atoms with Crippen LogP contribution in [0.4, 0.5) is 0 Å². The number of carboxylic acids is 1. The molecule has 0 aliphatic rings. The Labute approximate surface area is 231 Å². The molecule has 0 saturated carbocycles. The SMILES string of the molecule is Br.CCCCCCCCCCCCCCCCCC[N+](C)(C)CCCCCCCCCCC(=O)O. The van der Waals surface area contributed by atoms with Crippen LogP contribution in [0.1, 0.15) is 167 Å². The van der Waals surface area contributed by atoms with E-state index in [2.05, 4.69) is 21.0 Å². The van der Waals surface area contributed by atoms with Crippen LogP contribution in [0.2, 0.25) is 0 Å². The molecule has 0 saturated heterocycles. The van der Waals surface area contributed by atoms with Crippen LogP contribution in [0.3, 0.4) is 0 Å². The van der Waals surface area contributed by atoms with Crippen molar-refractivity contribution in [2.45, 2.75) is 167 Å². The number of rotatable bonds is 28. The molecule has 0 aromatic carbocycles. The second-order valence-electron chi connectivity index (χ2n) is 11.7. The van der Waals surface area contributed by atoms with Gasteiger partial charge in [-0.05, 0) is 32.1 Å². The number of carboxylic acid groups (broad SMARTS) is 1. The van der Waals surface area contributed by atoms with Gasteiger partial charge in [0, 0.05) is 6.42 Å². The monoisotopic (exact) mass is 562 g/mol. The van der Waals surface area contributed by atoms with Crippen LogP contribution in [-0.2, 0) is 4.79 Å². The van der Waals surface area contributed by atoms with E-state index in [9.17, 15) is 4.79 Å². The molecular weight excluding hydrogens is 498 g/mol. The predicted molar refractivity (Wildman–Crippen MR) is 161 cm³/mol. The van der Waals surface area contributed by atoms with Gasteiger partial charge in [0.05, 0.1) is 27.2 Å². The number of aliphatic carboxylic acids is 1. The van der Waals surface area contributed by atoms with Crippen LogP contribution >= 0.6 is 17.0 Å². The first-order chi connectivity index (χ1) is 16.5. The molecule has 0 aromatic heterocycles. The first-order valence-electron chi connectivity index (χ1n) is 15.5. The zero-order valence-corrected chi connectivity index (χ0v) is 26.0. The summed E-state index contributed by atoms with van der Waals surface area (Å²) < 4.78 is 1.19. The lowest BCUT2D eigenvalue weighted by Gasteiger charge is -2.30. The molecule has 0 radical (unpaired) electrons. The van der Waals surface area contributed by atoms with Crippen LogP contribution < -0.4 is 0 Å². The molecule has 0 aliphatic carbocycles. The van der Waals surface area contributed by atoms with Gasteiger partial charge in [0.15, 0.2) is 0 Å². The molecule has 0 aromatic rings. The van der Waals surface area contributed by atoms with E-state index < -0.39 is 5.97 Å². The minimum atomic E-state index is -0.652. The third kappa shape index (κ3) is 31.9. The molecule has 0 amide bonds. The fourth-order valence-corrected chi connectivity index (χ4v) is 5.08. The number of quaternary nitrogens is 1. The molecule has 1 N–H and O–H groups in total. The topological polar surface area (TPSA) is 37.3 Å². The van der Waals surface area contributed by atoms with Crippen molar-refractivity contribution in [2.75, 3.05) is 27.2 Å². The van der Waals surface area contributed by atoms with Gasteiger partial charge in [-0.25, -0.2) is 0 Å². The lowest BCUT2D eigenvalue weighted by molar-refractivity contribution is -0.890. The first kappa shape index (κ1) is 37.1. The lowest BCUT2D eigenvalue weighted by atomic mass is 10.0. The van der Waals surface area contributed by atoms with E-state index in [0.717, 1.165) is 12.8 Å². The average molecular weight is 564 g/mol. The third-order valence-corrected chi connectivity index (χ3v) is 7.52. The first-order valence-corrected chi connectivity index (χ1v) is 15.5. The highest BCUT2D eigenvalue weighted by atomic mass is 79.9. The van der Waals surface area contributed by atoms with Gasteiger partial charge >= 0.3 is 5.97 Å². The fraction of sp³-hybridized carbons (Fsp3) is 0.968. The number of carbonyl (C=O) groups is 1. The van der Waals surface area contributed by atoms with E-state index in [4.69, 9.17) is 5.11 Å². The van der Waals surface area contributed by atoms with Crippen molar-refractivity contribution in [1.82, 2.24) is 0 Å². The zero-order valence-electron chi connectivity index (χ0n) is 24.3. The maximum absolute atomic E-state index is 10.5. The molecule has 4 heteroatoms. The van der Waals surface area contributed by atoms with Gasteiger partial charge in [-0.2, -0.15) is 0 Å². The minimum Gasteiger partial charge on any atom is -0.481 e. The van der Waals surface area contributed by atoms with E-state index >= 15 is 0 Å². The van der Waals surface area contributed by atoms with Crippen molar-refractivity contribution in [1.29, 1.82) is 0 Å². The summed E-state index contributed by atoms with van der Waals surface area (Å²) >= 11 is 0. The molecule has 35 heavy (non-hydrogen) atoms. The molecule has 0 fully saturated rings. The molecule has 0 atom stereocenters. The Hall–Kier alpha value is -0.0900. The van der Waals surface area contributed by atoms with Crippen molar-refractivity contribution in [2.24, 2.45) is 0 Å². The summed E-state index contributed by atoms with van der Waals surface area (Å²) in [6, 6.07) is 0. The van der Waals surface area contributed by atoms with Crippen LogP contribution in [0, 0.1) is 0 Å². The summed E-state index contributed by atoms with van der Waals surface area (Å²) in [4.78, 5) is 10.5.